The lowest BCUT2D eigenvalue weighted by Gasteiger charge is -2.15. The maximum absolute atomic E-state index is 11.2. The summed E-state index contributed by atoms with van der Waals surface area (Å²) in [5.41, 5.74) is 0. The molecule has 1 fully saturated rings. The highest BCUT2D eigenvalue weighted by Gasteiger charge is 2.30. The fourth-order valence-electron chi connectivity index (χ4n) is 2.00. The Hall–Kier alpha value is -0.330. The van der Waals surface area contributed by atoms with Gasteiger partial charge in [-0.3, -0.25) is 4.79 Å². The molecule has 0 aromatic heterocycles. The van der Waals surface area contributed by atoms with Gasteiger partial charge in [-0.05, 0) is 24.7 Å². The minimum Gasteiger partial charge on any atom is -0.299 e. The SMILES string of the molecule is CC(C)C[C@@H]1CCC(=O)[C@H]1C. The number of carbonyl (C=O) groups excluding carboxylic acids is 1. The number of hydrogen-bond donors (Lipinski definition) is 0. The van der Waals surface area contributed by atoms with Gasteiger partial charge in [0.05, 0.1) is 0 Å². The second-order valence-corrected chi connectivity index (χ2v) is 4.18. The van der Waals surface area contributed by atoms with Crippen molar-refractivity contribution in [1.82, 2.24) is 0 Å². The summed E-state index contributed by atoms with van der Waals surface area (Å²) in [5, 5.41) is 0. The van der Waals surface area contributed by atoms with E-state index in [2.05, 4.69) is 20.8 Å². The van der Waals surface area contributed by atoms with Crippen LogP contribution in [0.15, 0.2) is 0 Å². The lowest BCUT2D eigenvalue weighted by molar-refractivity contribution is -0.120. The van der Waals surface area contributed by atoms with Gasteiger partial charge in [0.2, 0.25) is 0 Å². The van der Waals surface area contributed by atoms with Gasteiger partial charge >= 0.3 is 0 Å². The summed E-state index contributed by atoms with van der Waals surface area (Å²) in [6.45, 7) is 6.55. The molecule has 0 unspecified atom stereocenters. The summed E-state index contributed by atoms with van der Waals surface area (Å²) >= 11 is 0. The van der Waals surface area contributed by atoms with E-state index in [9.17, 15) is 4.79 Å². The Bertz CT molecular complexity index is 149. The highest BCUT2D eigenvalue weighted by Crippen LogP contribution is 2.32. The van der Waals surface area contributed by atoms with Crippen molar-refractivity contribution in [2.24, 2.45) is 17.8 Å². The molecular formula is C10H18O. The van der Waals surface area contributed by atoms with Crippen LogP contribution < -0.4 is 0 Å². The topological polar surface area (TPSA) is 17.1 Å². The zero-order valence-electron chi connectivity index (χ0n) is 7.76. The van der Waals surface area contributed by atoms with Crippen molar-refractivity contribution in [2.45, 2.75) is 40.0 Å². The van der Waals surface area contributed by atoms with Crippen LogP contribution in [0.5, 0.6) is 0 Å². The van der Waals surface area contributed by atoms with Gasteiger partial charge in [0, 0.05) is 12.3 Å². The fourth-order valence-corrected chi connectivity index (χ4v) is 2.00. The molecule has 0 radical (unpaired) electrons. The molecule has 64 valence electrons. The second kappa shape index (κ2) is 3.38. The number of ketones is 1. The highest BCUT2D eigenvalue weighted by molar-refractivity contribution is 5.82. The first-order valence-corrected chi connectivity index (χ1v) is 4.64. The first-order chi connectivity index (χ1) is 5.11. The van der Waals surface area contributed by atoms with Crippen LogP contribution in [0.1, 0.15) is 40.0 Å². The Morgan fingerprint density at radius 2 is 2.18 bits per heavy atom. The van der Waals surface area contributed by atoms with Crippen LogP contribution in [0, 0.1) is 17.8 Å². The normalized spacial score (nSPS) is 31.8. The molecule has 1 aliphatic carbocycles. The predicted octanol–water partition coefficient (Wildman–Crippen LogP) is 2.65. The third-order valence-corrected chi connectivity index (χ3v) is 2.75. The van der Waals surface area contributed by atoms with Gasteiger partial charge in [-0.25, -0.2) is 0 Å². The predicted molar refractivity (Wildman–Crippen MR) is 46.4 cm³/mol. The summed E-state index contributed by atoms with van der Waals surface area (Å²) in [6, 6.07) is 0. The summed E-state index contributed by atoms with van der Waals surface area (Å²) in [5.74, 6) is 2.25. The summed E-state index contributed by atoms with van der Waals surface area (Å²) in [6.07, 6.45) is 3.20. The van der Waals surface area contributed by atoms with E-state index in [4.69, 9.17) is 0 Å². The molecule has 1 saturated carbocycles. The van der Waals surface area contributed by atoms with Gasteiger partial charge in [0.25, 0.3) is 0 Å². The minimum absolute atomic E-state index is 0.345. The molecule has 1 aliphatic rings. The van der Waals surface area contributed by atoms with E-state index in [0.717, 1.165) is 18.8 Å². The second-order valence-electron chi connectivity index (χ2n) is 4.18. The largest absolute Gasteiger partial charge is 0.299 e. The van der Waals surface area contributed by atoms with Gasteiger partial charge in [0.1, 0.15) is 5.78 Å². The molecule has 0 aromatic carbocycles. The molecule has 1 rings (SSSR count). The summed E-state index contributed by atoms with van der Waals surface area (Å²) < 4.78 is 0. The Kier molecular flexibility index (Phi) is 2.69. The van der Waals surface area contributed by atoms with Gasteiger partial charge < -0.3 is 0 Å². The third kappa shape index (κ3) is 2.05. The quantitative estimate of drug-likeness (QED) is 0.597. The Labute approximate surface area is 69.2 Å². The summed E-state index contributed by atoms with van der Waals surface area (Å²) in [4.78, 5) is 11.2. The van der Waals surface area contributed by atoms with Crippen LogP contribution in [0.4, 0.5) is 0 Å². The van der Waals surface area contributed by atoms with Crippen LogP contribution in [0.3, 0.4) is 0 Å². The first-order valence-electron chi connectivity index (χ1n) is 4.64. The maximum atomic E-state index is 11.2. The molecule has 1 nitrogen and oxygen atoms in total. The monoisotopic (exact) mass is 154 g/mol. The third-order valence-electron chi connectivity index (χ3n) is 2.75. The van der Waals surface area contributed by atoms with Gasteiger partial charge in [-0.2, -0.15) is 0 Å². The molecule has 0 aromatic rings. The molecular weight excluding hydrogens is 136 g/mol. The molecule has 2 atom stereocenters. The zero-order valence-corrected chi connectivity index (χ0v) is 7.76. The lowest BCUT2D eigenvalue weighted by atomic mass is 9.89. The van der Waals surface area contributed by atoms with Crippen molar-refractivity contribution in [3.63, 3.8) is 0 Å². The van der Waals surface area contributed by atoms with Crippen molar-refractivity contribution >= 4 is 5.78 Å². The van der Waals surface area contributed by atoms with Crippen molar-refractivity contribution in [1.29, 1.82) is 0 Å². The average Bonchev–Trinajstić information content (AvgIpc) is 2.18. The Balaban J connectivity index is 2.42. The smallest absolute Gasteiger partial charge is 0.135 e. The molecule has 0 spiro atoms. The van der Waals surface area contributed by atoms with Crippen LogP contribution >= 0.6 is 0 Å². The number of Topliss-reactive ketones (excluding diaryl/α,β-unsaturated/α-hetero) is 1. The fraction of sp³-hybridized carbons (Fsp3) is 0.900. The molecule has 0 saturated heterocycles. The van der Waals surface area contributed by atoms with Crippen LogP contribution in [-0.4, -0.2) is 5.78 Å². The van der Waals surface area contributed by atoms with E-state index in [-0.39, 0.29) is 0 Å². The van der Waals surface area contributed by atoms with Crippen LogP contribution in [-0.2, 0) is 4.79 Å². The van der Waals surface area contributed by atoms with E-state index >= 15 is 0 Å². The molecule has 0 amide bonds. The summed E-state index contributed by atoms with van der Waals surface area (Å²) in [7, 11) is 0. The molecule has 0 N–H and O–H groups in total. The number of carbonyl (C=O) groups is 1. The molecule has 1 heteroatoms. The molecule has 11 heavy (non-hydrogen) atoms. The minimum atomic E-state index is 0.345. The average molecular weight is 154 g/mol. The Morgan fingerprint density at radius 1 is 1.55 bits per heavy atom. The van der Waals surface area contributed by atoms with E-state index in [1.165, 1.54) is 6.42 Å². The van der Waals surface area contributed by atoms with Crippen molar-refractivity contribution in [3.8, 4) is 0 Å². The van der Waals surface area contributed by atoms with Crippen LogP contribution in [0.25, 0.3) is 0 Å². The van der Waals surface area contributed by atoms with Gasteiger partial charge in [-0.15, -0.1) is 0 Å². The van der Waals surface area contributed by atoms with Crippen molar-refractivity contribution in [2.75, 3.05) is 0 Å². The van der Waals surface area contributed by atoms with E-state index < -0.39 is 0 Å². The van der Waals surface area contributed by atoms with Gasteiger partial charge in [0.15, 0.2) is 0 Å². The van der Waals surface area contributed by atoms with Crippen molar-refractivity contribution in [3.05, 3.63) is 0 Å². The van der Waals surface area contributed by atoms with E-state index in [1.54, 1.807) is 0 Å². The van der Waals surface area contributed by atoms with E-state index in [1.807, 2.05) is 0 Å². The molecule has 0 heterocycles. The van der Waals surface area contributed by atoms with Gasteiger partial charge in [-0.1, -0.05) is 20.8 Å². The lowest BCUT2D eigenvalue weighted by Crippen LogP contribution is -2.12. The zero-order chi connectivity index (χ0) is 8.43. The molecule has 0 aliphatic heterocycles. The molecule has 0 bridgehead atoms. The number of rotatable bonds is 2. The number of hydrogen-bond acceptors (Lipinski definition) is 1. The van der Waals surface area contributed by atoms with Crippen LogP contribution in [0.2, 0.25) is 0 Å². The highest BCUT2D eigenvalue weighted by atomic mass is 16.1. The van der Waals surface area contributed by atoms with E-state index in [0.29, 0.717) is 17.6 Å². The standard InChI is InChI=1S/C10H18O/c1-7(2)6-9-4-5-10(11)8(9)3/h7-9H,4-6H2,1-3H3/t8-,9-/m0/s1. The first kappa shape index (κ1) is 8.76. The van der Waals surface area contributed by atoms with Crippen molar-refractivity contribution < 1.29 is 4.79 Å². The maximum Gasteiger partial charge on any atom is 0.135 e. The Morgan fingerprint density at radius 3 is 2.55 bits per heavy atom.